The number of carbonyl (C=O) groups is 4. The number of aliphatic hydroxyl groups excluding tert-OH is 1. The van der Waals surface area contributed by atoms with Crippen LogP contribution in [0.2, 0.25) is 0 Å². The molecule has 0 spiro atoms. The summed E-state index contributed by atoms with van der Waals surface area (Å²) in [6.07, 6.45) is 13.7. The number of carboxylic acid groups (broad SMARTS) is 1. The van der Waals surface area contributed by atoms with E-state index in [-0.39, 0.29) is 42.6 Å². The number of benzene rings is 3. The highest BCUT2D eigenvalue weighted by Gasteiger charge is 2.31. The van der Waals surface area contributed by atoms with Gasteiger partial charge in [0.25, 0.3) is 5.91 Å². The lowest BCUT2D eigenvalue weighted by Gasteiger charge is -2.21. The molecule has 64 heavy (non-hydrogen) atoms. The molecule has 3 heterocycles. The molecule has 0 radical (unpaired) electrons. The Labute approximate surface area is 378 Å². The number of unbranched alkanes of at least 4 members (excludes halogenated alkanes) is 4. The minimum atomic E-state index is -0.788. The van der Waals surface area contributed by atoms with Crippen molar-refractivity contribution in [3.8, 4) is 0 Å². The number of carboxylic acids is 1. The van der Waals surface area contributed by atoms with Gasteiger partial charge in [-0.2, -0.15) is 0 Å². The van der Waals surface area contributed by atoms with Crippen molar-refractivity contribution in [3.63, 3.8) is 0 Å². The number of carbonyl (C=O) groups excluding carboxylic acids is 3. The molecule has 6 rings (SSSR count). The van der Waals surface area contributed by atoms with Crippen LogP contribution in [0.1, 0.15) is 85.7 Å². The average molecular weight is 893 g/mol. The molecule has 3 amide bonds. The second kappa shape index (κ2) is 25.5. The van der Waals surface area contributed by atoms with E-state index in [1.54, 1.807) is 28.7 Å². The third-order valence-electron chi connectivity index (χ3n) is 11.2. The van der Waals surface area contributed by atoms with Crippen molar-refractivity contribution in [3.05, 3.63) is 119 Å². The number of nitrogens with one attached hydrogen (secondary N) is 3. The van der Waals surface area contributed by atoms with Crippen LogP contribution in [0.3, 0.4) is 0 Å². The zero-order valence-electron chi connectivity index (χ0n) is 36.3. The Morgan fingerprint density at radius 3 is 2.48 bits per heavy atom. The first-order valence-corrected chi connectivity index (χ1v) is 23.1. The molecule has 1 atom stereocenters. The second-order valence-corrected chi connectivity index (χ2v) is 17.3. The fourth-order valence-electron chi connectivity index (χ4n) is 7.65. The Kier molecular flexibility index (Phi) is 19.0. The molecule has 0 bridgehead atoms. The summed E-state index contributed by atoms with van der Waals surface area (Å²) in [7, 11) is 0. The van der Waals surface area contributed by atoms with Gasteiger partial charge in [-0.3, -0.25) is 28.9 Å². The number of aromatic amines is 1. The van der Waals surface area contributed by atoms with Gasteiger partial charge in [-0.1, -0.05) is 72.7 Å². The number of aryl methyl sites for hydroxylation is 1. The maximum atomic E-state index is 13.1. The number of aliphatic hydroxyl groups is 1. The SMILES string of the molecule is O=C(O)CCCCCn1nncc1CNC(=O)CCCCCN1CCC(Sc2ccc(CONC(=O)/C=C/c3ccc(CN(CCO)CCc4c[nH]c5ccccc45)cc3)cc2)C1=O. The summed E-state index contributed by atoms with van der Waals surface area (Å²) in [6, 6.07) is 24.1. The van der Waals surface area contributed by atoms with Crippen molar-refractivity contribution < 1.29 is 34.2 Å². The molecule has 16 heteroatoms. The summed E-state index contributed by atoms with van der Waals surface area (Å²) in [4.78, 5) is 62.7. The van der Waals surface area contributed by atoms with Gasteiger partial charge in [0, 0.05) is 80.2 Å². The molecule has 0 aliphatic carbocycles. The molecule has 1 unspecified atom stereocenters. The topological polar surface area (TPSA) is 195 Å². The standard InChI is InChI=1S/C48H60N8O7S/c57-30-29-54(27-23-39-31-49-43-10-6-5-9-42(39)43)34-37-15-13-36(14-16-37)19-22-46(59)52-63-35-38-17-20-41(21-18-38)64-44-24-28-55(48(44)62)25-7-1-3-11-45(58)50-32-40-33-51-53-56(40)26-8-2-4-12-47(60)61/h5-6,9-10,13-22,31,33,44,49,57H,1-4,7-8,11-12,23-30,32,34-35H2,(H,50,58)(H,52,59)(H,60,61)/b22-19+. The molecule has 15 nitrogen and oxygen atoms in total. The molecular weight excluding hydrogens is 833 g/mol. The van der Waals surface area contributed by atoms with Gasteiger partial charge in [0.05, 0.1) is 36.9 Å². The number of aromatic nitrogens is 4. The van der Waals surface area contributed by atoms with Crippen LogP contribution >= 0.6 is 11.8 Å². The van der Waals surface area contributed by atoms with E-state index in [0.717, 1.165) is 90.8 Å². The summed E-state index contributed by atoms with van der Waals surface area (Å²) >= 11 is 1.56. The van der Waals surface area contributed by atoms with E-state index in [9.17, 15) is 24.3 Å². The molecular formula is C48H60N8O7S. The molecule has 1 aliphatic rings. The fraction of sp³-hybridized carbons (Fsp3) is 0.417. The van der Waals surface area contributed by atoms with Crippen molar-refractivity contribution in [1.29, 1.82) is 0 Å². The third-order valence-corrected chi connectivity index (χ3v) is 12.5. The zero-order valence-corrected chi connectivity index (χ0v) is 37.1. The zero-order chi connectivity index (χ0) is 44.9. The largest absolute Gasteiger partial charge is 0.481 e. The molecule has 1 fully saturated rings. The smallest absolute Gasteiger partial charge is 0.303 e. The summed E-state index contributed by atoms with van der Waals surface area (Å²) in [5.74, 6) is -1.05. The quantitative estimate of drug-likeness (QED) is 0.0216. The van der Waals surface area contributed by atoms with Crippen LogP contribution in [0, 0.1) is 0 Å². The van der Waals surface area contributed by atoms with Crippen LogP contribution in [0.5, 0.6) is 0 Å². The average Bonchev–Trinajstić information content (AvgIpc) is 4.03. The summed E-state index contributed by atoms with van der Waals surface area (Å²) in [5.41, 5.74) is 8.58. The van der Waals surface area contributed by atoms with E-state index in [4.69, 9.17) is 9.94 Å². The van der Waals surface area contributed by atoms with E-state index in [2.05, 4.69) is 49.3 Å². The maximum absolute atomic E-state index is 13.1. The van der Waals surface area contributed by atoms with Crippen molar-refractivity contribution in [2.75, 3.05) is 32.8 Å². The highest BCUT2D eigenvalue weighted by Crippen LogP contribution is 2.31. The van der Waals surface area contributed by atoms with Crippen LogP contribution in [0.25, 0.3) is 17.0 Å². The van der Waals surface area contributed by atoms with Gasteiger partial charge >= 0.3 is 5.97 Å². The predicted octanol–water partition coefficient (Wildman–Crippen LogP) is 6.27. The van der Waals surface area contributed by atoms with E-state index in [1.165, 1.54) is 17.0 Å². The summed E-state index contributed by atoms with van der Waals surface area (Å²) in [5, 5.41) is 30.5. The van der Waals surface area contributed by atoms with Crippen molar-refractivity contribution in [2.24, 2.45) is 0 Å². The highest BCUT2D eigenvalue weighted by atomic mass is 32.2. The van der Waals surface area contributed by atoms with Crippen molar-refractivity contribution >= 4 is 52.4 Å². The Morgan fingerprint density at radius 2 is 1.69 bits per heavy atom. The minimum absolute atomic E-state index is 0.0377. The second-order valence-electron chi connectivity index (χ2n) is 16.0. The van der Waals surface area contributed by atoms with Crippen LogP contribution in [-0.2, 0) is 56.7 Å². The number of hydroxylamine groups is 1. The Morgan fingerprint density at radius 1 is 0.922 bits per heavy atom. The molecule has 2 aromatic heterocycles. The number of aliphatic carboxylic acids is 1. The lowest BCUT2D eigenvalue weighted by molar-refractivity contribution is -0.137. The molecule has 5 N–H and O–H groups in total. The predicted molar refractivity (Wildman–Crippen MR) is 246 cm³/mol. The highest BCUT2D eigenvalue weighted by molar-refractivity contribution is 8.00. The van der Waals surface area contributed by atoms with Gasteiger partial charge in [-0.15, -0.1) is 16.9 Å². The number of hydrogen-bond acceptors (Lipinski definition) is 10. The number of para-hydroxylation sites is 1. The Hall–Kier alpha value is -5.81. The van der Waals surface area contributed by atoms with Crippen LogP contribution in [0.15, 0.2) is 96.2 Å². The molecule has 1 saturated heterocycles. The normalized spacial score (nSPS) is 14.0. The monoisotopic (exact) mass is 892 g/mol. The van der Waals surface area contributed by atoms with Gasteiger partial charge in [0.15, 0.2) is 0 Å². The van der Waals surface area contributed by atoms with E-state index < -0.39 is 5.97 Å². The molecule has 340 valence electrons. The molecule has 3 aromatic carbocycles. The minimum Gasteiger partial charge on any atom is -0.481 e. The maximum Gasteiger partial charge on any atom is 0.303 e. The van der Waals surface area contributed by atoms with E-state index in [1.807, 2.05) is 65.6 Å². The van der Waals surface area contributed by atoms with Crippen molar-refractivity contribution in [1.82, 2.24) is 40.6 Å². The lowest BCUT2D eigenvalue weighted by atomic mass is 10.1. The number of likely N-dealkylation sites (tertiary alicyclic amines) is 1. The van der Waals surface area contributed by atoms with Gasteiger partial charge in [-0.25, -0.2) is 10.2 Å². The Balaban J connectivity index is 0.811. The fourth-order valence-corrected chi connectivity index (χ4v) is 8.74. The van der Waals surface area contributed by atoms with Gasteiger partial charge in [0.1, 0.15) is 0 Å². The number of hydrogen-bond donors (Lipinski definition) is 5. The number of nitrogens with zero attached hydrogens (tertiary/aromatic N) is 5. The van der Waals surface area contributed by atoms with Gasteiger partial charge < -0.3 is 25.4 Å². The number of fused-ring (bicyclic) bond motifs is 1. The van der Waals surface area contributed by atoms with E-state index in [0.29, 0.717) is 45.6 Å². The van der Waals surface area contributed by atoms with Crippen LogP contribution in [-0.4, -0.2) is 102 Å². The first-order chi connectivity index (χ1) is 31.2. The van der Waals surface area contributed by atoms with Crippen molar-refractivity contribution in [2.45, 2.75) is 101 Å². The van der Waals surface area contributed by atoms with Gasteiger partial charge in [0.2, 0.25) is 11.8 Å². The van der Waals surface area contributed by atoms with Crippen LogP contribution < -0.4 is 10.8 Å². The third kappa shape index (κ3) is 15.5. The van der Waals surface area contributed by atoms with Crippen LogP contribution in [0.4, 0.5) is 0 Å². The molecule has 5 aromatic rings. The Bertz CT molecular complexity index is 2280. The number of H-pyrrole nitrogens is 1. The van der Waals surface area contributed by atoms with E-state index >= 15 is 0 Å². The summed E-state index contributed by atoms with van der Waals surface area (Å²) < 4.78 is 1.75. The number of rotatable bonds is 28. The first-order valence-electron chi connectivity index (χ1n) is 22.2. The first kappa shape index (κ1) is 47.7. The molecule has 1 aliphatic heterocycles. The summed E-state index contributed by atoms with van der Waals surface area (Å²) in [6.45, 7) is 4.78. The van der Waals surface area contributed by atoms with Gasteiger partial charge in [-0.05, 0) is 85.1 Å². The molecule has 0 saturated carbocycles. The lowest BCUT2D eigenvalue weighted by Crippen LogP contribution is -2.29. The number of thioether (sulfide) groups is 1. The number of amides is 3.